The standard InChI is InChI=1S/C19H28N2O3/c1-3-6-15-7-5-11-21(12-10-15)14-18(22)20-17-9-4-8-16(13-17)19(23)24-2/h4,8-9,13,15H,3,5-7,10-12,14H2,1-2H3,(H,20,22)/t15-/m1/s1. The second-order valence-corrected chi connectivity index (χ2v) is 6.48. The Hall–Kier alpha value is -1.88. The van der Waals surface area contributed by atoms with Crippen LogP contribution >= 0.6 is 0 Å². The van der Waals surface area contributed by atoms with E-state index < -0.39 is 5.97 Å². The lowest BCUT2D eigenvalue weighted by Crippen LogP contribution is -2.34. The third-order valence-corrected chi connectivity index (χ3v) is 4.57. The maximum absolute atomic E-state index is 12.3. The Morgan fingerprint density at radius 1 is 1.29 bits per heavy atom. The molecule has 1 N–H and O–H groups in total. The molecule has 1 aromatic carbocycles. The van der Waals surface area contributed by atoms with Crippen molar-refractivity contribution in [2.24, 2.45) is 5.92 Å². The number of methoxy groups -OCH3 is 1. The highest BCUT2D eigenvalue weighted by Gasteiger charge is 2.18. The van der Waals surface area contributed by atoms with Gasteiger partial charge in [-0.3, -0.25) is 9.69 Å². The zero-order chi connectivity index (χ0) is 17.4. The van der Waals surface area contributed by atoms with Gasteiger partial charge in [-0.15, -0.1) is 0 Å². The number of rotatable bonds is 6. The van der Waals surface area contributed by atoms with E-state index in [4.69, 9.17) is 4.74 Å². The molecule has 132 valence electrons. The highest BCUT2D eigenvalue weighted by Crippen LogP contribution is 2.21. The summed E-state index contributed by atoms with van der Waals surface area (Å²) >= 11 is 0. The van der Waals surface area contributed by atoms with Gasteiger partial charge in [0.25, 0.3) is 0 Å². The van der Waals surface area contributed by atoms with Gasteiger partial charge in [0.2, 0.25) is 5.91 Å². The lowest BCUT2D eigenvalue weighted by atomic mass is 9.96. The van der Waals surface area contributed by atoms with Gasteiger partial charge < -0.3 is 10.1 Å². The molecule has 5 nitrogen and oxygen atoms in total. The largest absolute Gasteiger partial charge is 0.465 e. The Labute approximate surface area is 144 Å². The van der Waals surface area contributed by atoms with Gasteiger partial charge in [-0.25, -0.2) is 4.79 Å². The number of nitrogens with one attached hydrogen (secondary N) is 1. The number of benzene rings is 1. The Balaban J connectivity index is 1.86. The zero-order valence-corrected chi connectivity index (χ0v) is 14.7. The number of hydrogen-bond donors (Lipinski definition) is 1. The molecule has 1 saturated heterocycles. The summed E-state index contributed by atoms with van der Waals surface area (Å²) in [6.45, 7) is 4.61. The van der Waals surface area contributed by atoms with Crippen LogP contribution in [-0.4, -0.2) is 43.5 Å². The van der Waals surface area contributed by atoms with E-state index in [1.54, 1.807) is 24.3 Å². The Morgan fingerprint density at radius 2 is 2.12 bits per heavy atom. The average Bonchev–Trinajstić information content (AvgIpc) is 2.80. The SMILES string of the molecule is CCC[C@@H]1CCCN(CC(=O)Nc2cccc(C(=O)OC)c2)CC1. The first-order valence-electron chi connectivity index (χ1n) is 8.83. The summed E-state index contributed by atoms with van der Waals surface area (Å²) in [6.07, 6.45) is 6.14. The number of ether oxygens (including phenoxy) is 1. The van der Waals surface area contributed by atoms with Crippen molar-refractivity contribution in [2.45, 2.75) is 39.0 Å². The van der Waals surface area contributed by atoms with E-state index in [0.29, 0.717) is 17.8 Å². The molecule has 0 aromatic heterocycles. The smallest absolute Gasteiger partial charge is 0.337 e. The molecule has 2 rings (SSSR count). The van der Waals surface area contributed by atoms with Crippen molar-refractivity contribution in [3.63, 3.8) is 0 Å². The van der Waals surface area contributed by atoms with E-state index in [1.807, 2.05) is 0 Å². The second-order valence-electron chi connectivity index (χ2n) is 6.48. The maximum atomic E-state index is 12.3. The van der Waals surface area contributed by atoms with Crippen LogP contribution in [0.2, 0.25) is 0 Å². The first kappa shape index (κ1) is 18.5. The fourth-order valence-corrected chi connectivity index (χ4v) is 3.33. The molecule has 0 spiro atoms. The third kappa shape index (κ3) is 5.64. The topological polar surface area (TPSA) is 58.6 Å². The van der Waals surface area contributed by atoms with Crippen LogP contribution in [0.5, 0.6) is 0 Å². The number of nitrogens with zero attached hydrogens (tertiary/aromatic N) is 1. The van der Waals surface area contributed by atoms with Crippen molar-refractivity contribution in [1.82, 2.24) is 4.90 Å². The van der Waals surface area contributed by atoms with Crippen LogP contribution in [-0.2, 0) is 9.53 Å². The second kappa shape index (κ2) is 9.42. The highest BCUT2D eigenvalue weighted by atomic mass is 16.5. The number of esters is 1. The maximum Gasteiger partial charge on any atom is 0.337 e. The van der Waals surface area contributed by atoms with Gasteiger partial charge in [-0.1, -0.05) is 25.8 Å². The molecule has 0 unspecified atom stereocenters. The molecule has 0 saturated carbocycles. The fourth-order valence-electron chi connectivity index (χ4n) is 3.33. The first-order valence-corrected chi connectivity index (χ1v) is 8.83. The summed E-state index contributed by atoms with van der Waals surface area (Å²) in [4.78, 5) is 26.1. The van der Waals surface area contributed by atoms with E-state index in [-0.39, 0.29) is 5.91 Å². The predicted octanol–water partition coefficient (Wildman–Crippen LogP) is 3.31. The molecule has 1 heterocycles. The van der Waals surface area contributed by atoms with Crippen molar-refractivity contribution >= 4 is 17.6 Å². The van der Waals surface area contributed by atoms with Crippen molar-refractivity contribution < 1.29 is 14.3 Å². The van der Waals surface area contributed by atoms with Gasteiger partial charge in [0, 0.05) is 5.69 Å². The Bertz CT molecular complexity index is 559. The molecule has 0 radical (unpaired) electrons. The molecule has 1 atom stereocenters. The molecule has 1 amide bonds. The summed E-state index contributed by atoms with van der Waals surface area (Å²) in [6, 6.07) is 6.83. The Morgan fingerprint density at radius 3 is 2.88 bits per heavy atom. The van der Waals surface area contributed by atoms with Crippen molar-refractivity contribution in [3.05, 3.63) is 29.8 Å². The number of hydrogen-bond acceptors (Lipinski definition) is 4. The molecule has 1 aliphatic heterocycles. The van der Waals surface area contributed by atoms with E-state index in [2.05, 4.69) is 17.1 Å². The molecule has 1 fully saturated rings. The van der Waals surface area contributed by atoms with E-state index >= 15 is 0 Å². The number of anilines is 1. The highest BCUT2D eigenvalue weighted by molar-refractivity contribution is 5.95. The number of carbonyl (C=O) groups excluding carboxylic acids is 2. The minimum absolute atomic E-state index is 0.0362. The summed E-state index contributed by atoms with van der Waals surface area (Å²) in [7, 11) is 1.35. The monoisotopic (exact) mass is 332 g/mol. The summed E-state index contributed by atoms with van der Waals surface area (Å²) < 4.78 is 4.70. The van der Waals surface area contributed by atoms with Crippen LogP contribution in [0.4, 0.5) is 5.69 Å². The van der Waals surface area contributed by atoms with Crippen LogP contribution < -0.4 is 5.32 Å². The molecule has 1 aliphatic rings. The summed E-state index contributed by atoms with van der Waals surface area (Å²) in [5.74, 6) is 0.367. The lowest BCUT2D eigenvalue weighted by Gasteiger charge is -2.19. The van der Waals surface area contributed by atoms with Crippen molar-refractivity contribution in [1.29, 1.82) is 0 Å². The lowest BCUT2D eigenvalue weighted by molar-refractivity contribution is -0.117. The van der Waals surface area contributed by atoms with E-state index in [1.165, 1.54) is 32.8 Å². The number of likely N-dealkylation sites (tertiary alicyclic amines) is 1. The minimum Gasteiger partial charge on any atom is -0.465 e. The minimum atomic E-state index is -0.402. The molecular formula is C19H28N2O3. The van der Waals surface area contributed by atoms with Gasteiger partial charge in [-0.05, 0) is 56.5 Å². The molecule has 5 heteroatoms. The van der Waals surface area contributed by atoms with Crippen LogP contribution in [0, 0.1) is 5.92 Å². The van der Waals surface area contributed by atoms with Gasteiger partial charge >= 0.3 is 5.97 Å². The molecule has 24 heavy (non-hydrogen) atoms. The average molecular weight is 332 g/mol. The van der Waals surface area contributed by atoms with Crippen LogP contribution in [0.25, 0.3) is 0 Å². The van der Waals surface area contributed by atoms with Crippen LogP contribution in [0.15, 0.2) is 24.3 Å². The van der Waals surface area contributed by atoms with Crippen molar-refractivity contribution in [2.75, 3.05) is 32.1 Å². The quantitative estimate of drug-likeness (QED) is 0.812. The van der Waals surface area contributed by atoms with Gasteiger partial charge in [0.05, 0.1) is 19.2 Å². The van der Waals surface area contributed by atoms with Crippen molar-refractivity contribution in [3.8, 4) is 0 Å². The zero-order valence-electron chi connectivity index (χ0n) is 14.7. The van der Waals surface area contributed by atoms with Crippen LogP contribution in [0.1, 0.15) is 49.4 Å². The summed E-state index contributed by atoms with van der Waals surface area (Å²) in [5, 5.41) is 2.88. The van der Waals surface area contributed by atoms with Gasteiger partial charge in [-0.2, -0.15) is 0 Å². The third-order valence-electron chi connectivity index (χ3n) is 4.57. The molecular weight excluding hydrogens is 304 g/mol. The Kier molecular flexibility index (Phi) is 7.25. The van der Waals surface area contributed by atoms with Crippen LogP contribution in [0.3, 0.4) is 0 Å². The van der Waals surface area contributed by atoms with Gasteiger partial charge in [0.1, 0.15) is 0 Å². The summed E-state index contributed by atoms with van der Waals surface area (Å²) in [5.41, 5.74) is 1.06. The fraction of sp³-hybridized carbons (Fsp3) is 0.579. The predicted molar refractivity (Wildman–Crippen MR) is 95.1 cm³/mol. The van der Waals surface area contributed by atoms with E-state index in [9.17, 15) is 9.59 Å². The normalized spacial score (nSPS) is 18.7. The number of amides is 1. The number of carbonyl (C=O) groups is 2. The molecule has 0 aliphatic carbocycles. The molecule has 0 bridgehead atoms. The van der Waals surface area contributed by atoms with Gasteiger partial charge in [0.15, 0.2) is 0 Å². The first-order chi connectivity index (χ1) is 11.6. The molecule has 1 aromatic rings. The van der Waals surface area contributed by atoms with E-state index in [0.717, 1.165) is 25.4 Å².